The third kappa shape index (κ3) is 6.65. The van der Waals surface area contributed by atoms with Crippen molar-refractivity contribution in [2.45, 2.75) is 45.8 Å². The zero-order valence-electron chi connectivity index (χ0n) is 21.8. The topological polar surface area (TPSA) is 92.9 Å². The zero-order chi connectivity index (χ0) is 26.4. The second kappa shape index (κ2) is 11.4. The third-order valence-corrected chi connectivity index (χ3v) is 5.45. The van der Waals surface area contributed by atoms with Gasteiger partial charge >= 0.3 is 5.97 Å². The van der Waals surface area contributed by atoms with Crippen molar-refractivity contribution in [1.82, 2.24) is 9.97 Å². The number of rotatable bonds is 10. The highest BCUT2D eigenvalue weighted by Crippen LogP contribution is 2.43. The number of carbonyl (C=O) groups is 1. The van der Waals surface area contributed by atoms with Crippen LogP contribution in [0.4, 0.5) is 0 Å². The molecule has 2 aromatic heterocycles. The molecule has 1 atom stereocenters. The van der Waals surface area contributed by atoms with E-state index in [1.807, 2.05) is 82.3 Å². The van der Waals surface area contributed by atoms with Gasteiger partial charge < -0.3 is 23.4 Å². The number of carbonyl (C=O) groups excluding carboxylic acids is 1. The molecule has 2 aromatic carbocycles. The normalized spacial score (nSPS) is 12.4. The summed E-state index contributed by atoms with van der Waals surface area (Å²) in [5.41, 5.74) is 2.57. The SMILES string of the molecule is COc1ccc(-c2c(-c3ccccc3)oc3ncnc(OC[C@H](C)OCCC(=O)OC(C)(C)C)c23)cc1. The van der Waals surface area contributed by atoms with Crippen LogP contribution in [0.2, 0.25) is 0 Å². The number of hydrogen-bond acceptors (Lipinski definition) is 8. The number of aromatic nitrogens is 2. The number of fused-ring (bicyclic) bond motifs is 1. The molecule has 0 N–H and O–H groups in total. The molecule has 0 saturated heterocycles. The van der Waals surface area contributed by atoms with Crippen LogP contribution in [0, 0.1) is 0 Å². The van der Waals surface area contributed by atoms with Crippen LogP contribution in [0.3, 0.4) is 0 Å². The first-order valence-electron chi connectivity index (χ1n) is 12.2. The highest BCUT2D eigenvalue weighted by molar-refractivity contribution is 6.03. The molecule has 0 amide bonds. The number of furan rings is 1. The van der Waals surface area contributed by atoms with Crippen molar-refractivity contribution in [3.63, 3.8) is 0 Å². The Morgan fingerprint density at radius 1 is 1.00 bits per heavy atom. The van der Waals surface area contributed by atoms with E-state index in [1.54, 1.807) is 7.11 Å². The molecule has 0 aliphatic rings. The minimum Gasteiger partial charge on any atom is -0.497 e. The van der Waals surface area contributed by atoms with Gasteiger partial charge in [0.25, 0.3) is 0 Å². The van der Waals surface area contributed by atoms with E-state index < -0.39 is 5.60 Å². The second-order valence-corrected chi connectivity index (χ2v) is 9.59. The van der Waals surface area contributed by atoms with Crippen LogP contribution in [0.15, 0.2) is 65.3 Å². The molecule has 4 rings (SSSR count). The maximum absolute atomic E-state index is 11.9. The lowest BCUT2D eigenvalue weighted by Crippen LogP contribution is -2.25. The Hall–Kier alpha value is -3.91. The van der Waals surface area contributed by atoms with E-state index in [0.29, 0.717) is 22.7 Å². The molecule has 4 aromatic rings. The fourth-order valence-corrected chi connectivity index (χ4v) is 3.82. The molecule has 8 nitrogen and oxygen atoms in total. The Balaban J connectivity index is 1.57. The molecule has 0 aliphatic heterocycles. The summed E-state index contributed by atoms with van der Waals surface area (Å²) >= 11 is 0. The van der Waals surface area contributed by atoms with Gasteiger partial charge in [0.1, 0.15) is 35.4 Å². The summed E-state index contributed by atoms with van der Waals surface area (Å²) < 4.78 is 28.8. The molecule has 0 spiro atoms. The van der Waals surface area contributed by atoms with Gasteiger partial charge in [-0.1, -0.05) is 42.5 Å². The molecule has 8 heteroatoms. The molecule has 37 heavy (non-hydrogen) atoms. The number of esters is 1. The summed E-state index contributed by atoms with van der Waals surface area (Å²) in [6.45, 7) is 7.86. The van der Waals surface area contributed by atoms with Crippen LogP contribution in [0.1, 0.15) is 34.1 Å². The largest absolute Gasteiger partial charge is 0.497 e. The van der Waals surface area contributed by atoms with Crippen LogP contribution in [-0.2, 0) is 14.3 Å². The van der Waals surface area contributed by atoms with Crippen molar-refractivity contribution >= 4 is 17.1 Å². The fraction of sp³-hybridized carbons (Fsp3) is 0.345. The first kappa shape index (κ1) is 26.2. The molecule has 0 radical (unpaired) electrons. The van der Waals surface area contributed by atoms with E-state index >= 15 is 0 Å². The molecule has 0 bridgehead atoms. The third-order valence-electron chi connectivity index (χ3n) is 5.45. The monoisotopic (exact) mass is 504 g/mol. The molecular formula is C29H32N2O6. The first-order chi connectivity index (χ1) is 17.7. The maximum Gasteiger partial charge on any atom is 0.308 e. The molecular weight excluding hydrogens is 472 g/mol. The summed E-state index contributed by atoms with van der Waals surface area (Å²) in [5, 5.41) is 0.674. The van der Waals surface area contributed by atoms with E-state index in [1.165, 1.54) is 6.33 Å². The number of ether oxygens (including phenoxy) is 4. The molecule has 0 fully saturated rings. The molecule has 194 valence electrons. The Labute approximate surface area is 216 Å². The van der Waals surface area contributed by atoms with E-state index in [4.69, 9.17) is 23.4 Å². The second-order valence-electron chi connectivity index (χ2n) is 9.59. The Morgan fingerprint density at radius 3 is 2.41 bits per heavy atom. The van der Waals surface area contributed by atoms with Crippen molar-refractivity contribution in [2.24, 2.45) is 0 Å². The van der Waals surface area contributed by atoms with Crippen LogP contribution < -0.4 is 9.47 Å². The minimum atomic E-state index is -0.519. The van der Waals surface area contributed by atoms with Gasteiger partial charge in [-0.2, -0.15) is 0 Å². The molecule has 0 aliphatic carbocycles. The lowest BCUT2D eigenvalue weighted by atomic mass is 9.99. The van der Waals surface area contributed by atoms with Gasteiger partial charge in [-0.25, -0.2) is 9.97 Å². The van der Waals surface area contributed by atoms with E-state index in [2.05, 4.69) is 9.97 Å². The van der Waals surface area contributed by atoms with Gasteiger partial charge in [-0.05, 0) is 45.4 Å². The van der Waals surface area contributed by atoms with Crippen molar-refractivity contribution in [2.75, 3.05) is 20.3 Å². The number of methoxy groups -OCH3 is 1. The van der Waals surface area contributed by atoms with Gasteiger partial charge in [-0.3, -0.25) is 4.79 Å². The summed E-state index contributed by atoms with van der Waals surface area (Å²) in [7, 11) is 1.63. The van der Waals surface area contributed by atoms with Gasteiger partial charge in [0, 0.05) is 11.1 Å². The van der Waals surface area contributed by atoms with E-state index in [-0.39, 0.29) is 31.7 Å². The van der Waals surface area contributed by atoms with E-state index in [9.17, 15) is 4.79 Å². The summed E-state index contributed by atoms with van der Waals surface area (Å²) in [5.74, 6) is 1.52. The van der Waals surface area contributed by atoms with Crippen molar-refractivity contribution in [3.8, 4) is 34.1 Å². The zero-order valence-corrected chi connectivity index (χ0v) is 21.8. The standard InChI is InChI=1S/C29H32N2O6/c1-19(34-16-15-23(32)37-29(2,3)4)17-35-27-25-24(20-11-13-22(33-5)14-12-20)26(21-9-7-6-8-10-21)36-28(25)31-18-30-27/h6-14,18-19H,15-17H2,1-5H3/t19-/m0/s1. The van der Waals surface area contributed by atoms with Crippen LogP contribution in [0.5, 0.6) is 11.6 Å². The van der Waals surface area contributed by atoms with Crippen molar-refractivity contribution in [3.05, 3.63) is 60.9 Å². The van der Waals surface area contributed by atoms with Gasteiger partial charge in [0.15, 0.2) is 0 Å². The van der Waals surface area contributed by atoms with Gasteiger partial charge in [-0.15, -0.1) is 0 Å². The quantitative estimate of drug-likeness (QED) is 0.240. The average Bonchev–Trinajstić information content (AvgIpc) is 3.27. The Kier molecular flexibility index (Phi) is 8.08. The lowest BCUT2D eigenvalue weighted by molar-refractivity contribution is -0.156. The van der Waals surface area contributed by atoms with Crippen molar-refractivity contribution in [1.29, 1.82) is 0 Å². The Bertz CT molecular complexity index is 1330. The highest BCUT2D eigenvalue weighted by Gasteiger charge is 2.23. The first-order valence-corrected chi connectivity index (χ1v) is 12.2. The molecule has 0 saturated carbocycles. The lowest BCUT2D eigenvalue weighted by Gasteiger charge is -2.20. The maximum atomic E-state index is 11.9. The fourth-order valence-electron chi connectivity index (χ4n) is 3.82. The Morgan fingerprint density at radius 2 is 1.73 bits per heavy atom. The van der Waals surface area contributed by atoms with Gasteiger partial charge in [0.2, 0.25) is 11.6 Å². The molecule has 0 unspecified atom stereocenters. The van der Waals surface area contributed by atoms with Crippen molar-refractivity contribution < 1.29 is 28.2 Å². The minimum absolute atomic E-state index is 0.170. The summed E-state index contributed by atoms with van der Waals surface area (Å²) in [6.07, 6.45) is 1.31. The predicted molar refractivity (Wildman–Crippen MR) is 141 cm³/mol. The van der Waals surface area contributed by atoms with Crippen LogP contribution in [0.25, 0.3) is 33.6 Å². The van der Waals surface area contributed by atoms with E-state index in [0.717, 1.165) is 22.4 Å². The van der Waals surface area contributed by atoms with Crippen LogP contribution in [-0.4, -0.2) is 48.0 Å². The smallest absolute Gasteiger partial charge is 0.308 e. The van der Waals surface area contributed by atoms with Crippen LogP contribution >= 0.6 is 0 Å². The molecule has 2 heterocycles. The summed E-state index contributed by atoms with van der Waals surface area (Å²) in [4.78, 5) is 20.7. The number of nitrogens with zero attached hydrogens (tertiary/aromatic N) is 2. The number of hydrogen-bond donors (Lipinski definition) is 0. The average molecular weight is 505 g/mol. The number of benzene rings is 2. The highest BCUT2D eigenvalue weighted by atomic mass is 16.6. The summed E-state index contributed by atoms with van der Waals surface area (Å²) in [6, 6.07) is 17.6. The predicted octanol–water partition coefficient (Wildman–Crippen LogP) is 6.08. The van der Waals surface area contributed by atoms with Gasteiger partial charge in [0.05, 0.1) is 26.2 Å².